The summed E-state index contributed by atoms with van der Waals surface area (Å²) in [6, 6.07) is 3.65. The van der Waals surface area contributed by atoms with E-state index in [-0.39, 0.29) is 34.5 Å². The van der Waals surface area contributed by atoms with E-state index in [1.54, 1.807) is 13.8 Å². The summed E-state index contributed by atoms with van der Waals surface area (Å²) in [5, 5.41) is 5.60. The summed E-state index contributed by atoms with van der Waals surface area (Å²) in [6.07, 6.45) is 3.90. The molecule has 0 aromatic heterocycles. The summed E-state index contributed by atoms with van der Waals surface area (Å²) in [6.45, 7) is 4.06. The molecule has 2 aliphatic rings. The standard InChI is InChI=1S/C21H29ClN4O5S/c1-3-25(4-2)32(30,31)15-8-9-16(22)17(14-15)23-18(27)10-13-26-19(28)21(24-20(26)29)11-6-5-7-12-21/h8-9,14H,3-7,10-13H2,1-2H3,(H,23,27)(H,24,29). The van der Waals surface area contributed by atoms with E-state index in [0.29, 0.717) is 25.9 Å². The number of amides is 4. The van der Waals surface area contributed by atoms with Gasteiger partial charge in [0.25, 0.3) is 5.91 Å². The number of carbonyl (C=O) groups is 3. The van der Waals surface area contributed by atoms with Crippen LogP contribution in [-0.2, 0) is 19.6 Å². The lowest BCUT2D eigenvalue weighted by atomic mass is 9.82. The van der Waals surface area contributed by atoms with Gasteiger partial charge in [0.15, 0.2) is 0 Å². The molecule has 11 heteroatoms. The summed E-state index contributed by atoms with van der Waals surface area (Å²) in [7, 11) is -3.71. The van der Waals surface area contributed by atoms with Crippen LogP contribution in [0.2, 0.25) is 5.02 Å². The maximum Gasteiger partial charge on any atom is 0.325 e. The second kappa shape index (κ2) is 9.76. The Morgan fingerprint density at radius 3 is 2.47 bits per heavy atom. The molecular formula is C21H29ClN4O5S. The van der Waals surface area contributed by atoms with Crippen LogP contribution in [0.15, 0.2) is 23.1 Å². The molecular weight excluding hydrogens is 456 g/mol. The van der Waals surface area contributed by atoms with E-state index < -0.39 is 27.5 Å². The van der Waals surface area contributed by atoms with E-state index in [1.165, 1.54) is 22.5 Å². The van der Waals surface area contributed by atoms with Crippen LogP contribution in [0, 0.1) is 0 Å². The molecule has 3 rings (SSSR count). The first-order chi connectivity index (χ1) is 15.1. The Balaban J connectivity index is 1.66. The van der Waals surface area contributed by atoms with Crippen LogP contribution in [0.4, 0.5) is 10.5 Å². The Hall–Kier alpha value is -2.17. The maximum absolute atomic E-state index is 12.8. The lowest BCUT2D eigenvalue weighted by Crippen LogP contribution is -2.48. The number of halogens is 1. The predicted octanol–water partition coefficient (Wildman–Crippen LogP) is 2.95. The summed E-state index contributed by atoms with van der Waals surface area (Å²) >= 11 is 6.16. The van der Waals surface area contributed by atoms with Gasteiger partial charge in [-0.15, -0.1) is 0 Å². The molecule has 0 bridgehead atoms. The third-order valence-electron chi connectivity index (χ3n) is 6.07. The van der Waals surface area contributed by atoms with Crippen molar-refractivity contribution in [2.75, 3.05) is 25.0 Å². The predicted molar refractivity (Wildman–Crippen MR) is 121 cm³/mol. The highest BCUT2D eigenvalue weighted by molar-refractivity contribution is 7.89. The minimum absolute atomic E-state index is 0.0224. The highest BCUT2D eigenvalue weighted by Gasteiger charge is 2.51. The SMILES string of the molecule is CCN(CC)S(=O)(=O)c1ccc(Cl)c(NC(=O)CCN2C(=O)NC3(CCCCC3)C2=O)c1. The fourth-order valence-electron chi connectivity index (χ4n) is 4.27. The van der Waals surface area contributed by atoms with Crippen molar-refractivity contribution >= 4 is 45.2 Å². The molecule has 32 heavy (non-hydrogen) atoms. The van der Waals surface area contributed by atoms with Crippen molar-refractivity contribution in [1.82, 2.24) is 14.5 Å². The van der Waals surface area contributed by atoms with Crippen molar-refractivity contribution in [3.8, 4) is 0 Å². The number of nitrogens with zero attached hydrogens (tertiary/aromatic N) is 2. The number of carbonyl (C=O) groups excluding carboxylic acids is 3. The van der Waals surface area contributed by atoms with Gasteiger partial charge in [0, 0.05) is 26.1 Å². The van der Waals surface area contributed by atoms with Crippen LogP contribution < -0.4 is 10.6 Å². The first-order valence-corrected chi connectivity index (χ1v) is 12.7. The number of hydrogen-bond acceptors (Lipinski definition) is 5. The average molecular weight is 485 g/mol. The molecule has 1 saturated carbocycles. The van der Waals surface area contributed by atoms with Gasteiger partial charge >= 0.3 is 6.03 Å². The molecule has 1 aliphatic heterocycles. The third-order valence-corrected chi connectivity index (χ3v) is 8.45. The number of hydrogen-bond donors (Lipinski definition) is 2. The van der Waals surface area contributed by atoms with Crippen molar-refractivity contribution < 1.29 is 22.8 Å². The number of sulfonamides is 1. The normalized spacial score (nSPS) is 18.3. The van der Waals surface area contributed by atoms with Gasteiger partial charge in [-0.1, -0.05) is 44.7 Å². The van der Waals surface area contributed by atoms with Crippen molar-refractivity contribution in [2.45, 2.75) is 62.8 Å². The molecule has 176 valence electrons. The second-order valence-electron chi connectivity index (χ2n) is 8.06. The zero-order valence-corrected chi connectivity index (χ0v) is 19.9. The van der Waals surface area contributed by atoms with E-state index in [4.69, 9.17) is 11.6 Å². The minimum Gasteiger partial charge on any atom is -0.325 e. The Bertz CT molecular complexity index is 1000. The van der Waals surface area contributed by atoms with Gasteiger partial charge in [0.05, 0.1) is 15.6 Å². The Morgan fingerprint density at radius 1 is 1.19 bits per heavy atom. The van der Waals surface area contributed by atoms with Crippen LogP contribution in [0.5, 0.6) is 0 Å². The molecule has 4 amide bonds. The van der Waals surface area contributed by atoms with Crippen LogP contribution in [0.1, 0.15) is 52.4 Å². The molecule has 0 unspecified atom stereocenters. The van der Waals surface area contributed by atoms with Gasteiger partial charge in [0.1, 0.15) is 5.54 Å². The van der Waals surface area contributed by atoms with Crippen molar-refractivity contribution in [3.05, 3.63) is 23.2 Å². The van der Waals surface area contributed by atoms with Crippen molar-refractivity contribution in [1.29, 1.82) is 0 Å². The smallest absolute Gasteiger partial charge is 0.325 e. The Kier molecular flexibility index (Phi) is 7.46. The highest BCUT2D eigenvalue weighted by atomic mass is 35.5. The molecule has 1 heterocycles. The first-order valence-electron chi connectivity index (χ1n) is 10.9. The maximum atomic E-state index is 12.8. The summed E-state index contributed by atoms with van der Waals surface area (Å²) in [5.41, 5.74) is -0.673. The largest absolute Gasteiger partial charge is 0.325 e. The van der Waals surface area contributed by atoms with Crippen LogP contribution in [0.25, 0.3) is 0 Å². The molecule has 1 spiro atoms. The Labute approximate surface area is 193 Å². The molecule has 2 N–H and O–H groups in total. The molecule has 1 aromatic rings. The van der Waals surface area contributed by atoms with Gasteiger partial charge in [-0.2, -0.15) is 4.31 Å². The summed E-state index contributed by atoms with van der Waals surface area (Å²) in [5.74, 6) is -0.755. The van der Waals surface area contributed by atoms with Crippen molar-refractivity contribution in [2.24, 2.45) is 0 Å². The molecule has 1 aromatic carbocycles. The lowest BCUT2D eigenvalue weighted by Gasteiger charge is -2.30. The monoisotopic (exact) mass is 484 g/mol. The van der Waals surface area contributed by atoms with E-state index in [9.17, 15) is 22.8 Å². The molecule has 0 atom stereocenters. The highest BCUT2D eigenvalue weighted by Crippen LogP contribution is 2.34. The average Bonchev–Trinajstić information content (AvgIpc) is 2.98. The van der Waals surface area contributed by atoms with E-state index in [1.807, 2.05) is 0 Å². The number of urea groups is 1. The van der Waals surface area contributed by atoms with Crippen LogP contribution >= 0.6 is 11.6 Å². The molecule has 0 radical (unpaired) electrons. The fraction of sp³-hybridized carbons (Fsp3) is 0.571. The fourth-order valence-corrected chi connectivity index (χ4v) is 5.92. The first kappa shape index (κ1) is 24.5. The molecule has 9 nitrogen and oxygen atoms in total. The minimum atomic E-state index is -3.71. The van der Waals surface area contributed by atoms with Gasteiger partial charge in [-0.25, -0.2) is 13.2 Å². The quantitative estimate of drug-likeness (QED) is 0.550. The number of nitrogens with one attached hydrogen (secondary N) is 2. The number of imide groups is 1. The van der Waals surface area contributed by atoms with Crippen LogP contribution in [-0.4, -0.2) is 60.6 Å². The van der Waals surface area contributed by atoms with Gasteiger partial charge in [0.2, 0.25) is 15.9 Å². The second-order valence-corrected chi connectivity index (χ2v) is 10.4. The molecule has 1 saturated heterocycles. The number of anilines is 1. The summed E-state index contributed by atoms with van der Waals surface area (Å²) in [4.78, 5) is 38.8. The van der Waals surface area contributed by atoms with E-state index in [0.717, 1.165) is 24.2 Å². The van der Waals surface area contributed by atoms with Crippen LogP contribution in [0.3, 0.4) is 0 Å². The van der Waals surface area contributed by atoms with Crippen molar-refractivity contribution in [3.63, 3.8) is 0 Å². The molecule has 1 aliphatic carbocycles. The zero-order valence-electron chi connectivity index (χ0n) is 18.3. The zero-order chi connectivity index (χ0) is 23.5. The number of benzene rings is 1. The lowest BCUT2D eigenvalue weighted by molar-refractivity contribution is -0.132. The van der Waals surface area contributed by atoms with E-state index >= 15 is 0 Å². The number of rotatable bonds is 8. The molecule has 2 fully saturated rings. The van der Waals surface area contributed by atoms with Gasteiger partial charge < -0.3 is 10.6 Å². The van der Waals surface area contributed by atoms with Gasteiger partial charge in [-0.3, -0.25) is 14.5 Å². The van der Waals surface area contributed by atoms with E-state index in [2.05, 4.69) is 10.6 Å². The third kappa shape index (κ3) is 4.77. The van der Waals surface area contributed by atoms with Gasteiger partial charge in [-0.05, 0) is 31.0 Å². The summed E-state index contributed by atoms with van der Waals surface area (Å²) < 4.78 is 26.8. The topological polar surface area (TPSA) is 116 Å². The Morgan fingerprint density at radius 2 is 1.84 bits per heavy atom.